The molecule has 1 amide bonds. The Morgan fingerprint density at radius 3 is 2.48 bits per heavy atom. The first-order valence-electron chi connectivity index (χ1n) is 8.72. The molecule has 0 aromatic rings. The maximum Gasteiger partial charge on any atom is 0.410 e. The average Bonchev–Trinajstić information content (AvgIpc) is 3.26. The molecule has 0 radical (unpaired) electrons. The SMILES string of the molecule is CC(C)(C)OC(=O)N(CCNC1CCCC(C(=O)O)C1)C1CC1. The predicted molar refractivity (Wildman–Crippen MR) is 87.3 cm³/mol. The predicted octanol–water partition coefficient (Wildman–Crippen LogP) is 2.62. The minimum atomic E-state index is -0.690. The van der Waals surface area contributed by atoms with Crippen LogP contribution in [-0.4, -0.2) is 52.8 Å². The maximum atomic E-state index is 12.3. The van der Waals surface area contributed by atoms with Crippen molar-refractivity contribution in [3.8, 4) is 0 Å². The van der Waals surface area contributed by atoms with Crippen LogP contribution in [0.2, 0.25) is 0 Å². The van der Waals surface area contributed by atoms with E-state index in [1.165, 1.54) is 0 Å². The highest BCUT2D eigenvalue weighted by Gasteiger charge is 2.35. The van der Waals surface area contributed by atoms with Gasteiger partial charge in [-0.2, -0.15) is 0 Å². The molecule has 0 aromatic carbocycles. The zero-order chi connectivity index (χ0) is 17.0. The molecule has 6 heteroatoms. The van der Waals surface area contributed by atoms with Crippen LogP contribution >= 0.6 is 0 Å². The van der Waals surface area contributed by atoms with Gasteiger partial charge in [-0.3, -0.25) is 4.79 Å². The van der Waals surface area contributed by atoms with E-state index in [0.29, 0.717) is 25.6 Å². The van der Waals surface area contributed by atoms with Crippen molar-refractivity contribution in [3.05, 3.63) is 0 Å². The van der Waals surface area contributed by atoms with Gasteiger partial charge in [0.05, 0.1) is 5.92 Å². The summed E-state index contributed by atoms with van der Waals surface area (Å²) < 4.78 is 5.47. The van der Waals surface area contributed by atoms with Gasteiger partial charge in [-0.15, -0.1) is 0 Å². The van der Waals surface area contributed by atoms with E-state index in [2.05, 4.69) is 5.32 Å². The normalized spacial score (nSPS) is 25.0. The second kappa shape index (κ2) is 7.51. The molecule has 2 aliphatic rings. The Balaban J connectivity index is 1.76. The Kier molecular flexibility index (Phi) is 5.89. The molecule has 6 nitrogen and oxygen atoms in total. The first-order valence-corrected chi connectivity index (χ1v) is 8.72. The fourth-order valence-electron chi connectivity index (χ4n) is 3.12. The number of carboxylic acids is 1. The summed E-state index contributed by atoms with van der Waals surface area (Å²) >= 11 is 0. The van der Waals surface area contributed by atoms with Crippen molar-refractivity contribution >= 4 is 12.1 Å². The van der Waals surface area contributed by atoms with E-state index < -0.39 is 11.6 Å². The summed E-state index contributed by atoms with van der Waals surface area (Å²) in [5.74, 6) is -0.920. The molecule has 2 fully saturated rings. The van der Waals surface area contributed by atoms with Crippen LogP contribution in [0.25, 0.3) is 0 Å². The molecular weight excluding hydrogens is 296 g/mol. The number of carboxylic acid groups (broad SMARTS) is 1. The van der Waals surface area contributed by atoms with Gasteiger partial charge in [-0.05, 0) is 52.9 Å². The number of amides is 1. The lowest BCUT2D eigenvalue weighted by Crippen LogP contribution is -2.44. The number of carbonyl (C=O) groups is 2. The highest BCUT2D eigenvalue weighted by molar-refractivity contribution is 5.70. The summed E-state index contributed by atoms with van der Waals surface area (Å²) in [7, 11) is 0. The Labute approximate surface area is 138 Å². The molecule has 0 aliphatic heterocycles. The van der Waals surface area contributed by atoms with Gasteiger partial charge >= 0.3 is 12.1 Å². The first-order chi connectivity index (χ1) is 10.8. The molecule has 132 valence electrons. The molecule has 2 atom stereocenters. The Hall–Kier alpha value is -1.30. The van der Waals surface area contributed by atoms with Crippen LogP contribution in [0.4, 0.5) is 4.79 Å². The Bertz CT molecular complexity index is 429. The minimum absolute atomic E-state index is 0.230. The summed E-state index contributed by atoms with van der Waals surface area (Å²) in [6.07, 6.45) is 5.28. The number of aliphatic carboxylic acids is 1. The van der Waals surface area contributed by atoms with E-state index >= 15 is 0 Å². The largest absolute Gasteiger partial charge is 0.481 e. The number of hydrogen-bond acceptors (Lipinski definition) is 4. The monoisotopic (exact) mass is 326 g/mol. The maximum absolute atomic E-state index is 12.3. The van der Waals surface area contributed by atoms with E-state index in [1.54, 1.807) is 0 Å². The first kappa shape index (κ1) is 18.0. The highest BCUT2D eigenvalue weighted by Crippen LogP contribution is 2.28. The lowest BCUT2D eigenvalue weighted by atomic mass is 9.86. The highest BCUT2D eigenvalue weighted by atomic mass is 16.6. The topological polar surface area (TPSA) is 78.9 Å². The van der Waals surface area contributed by atoms with Gasteiger partial charge in [0.1, 0.15) is 5.60 Å². The van der Waals surface area contributed by atoms with Gasteiger partial charge in [0.2, 0.25) is 0 Å². The van der Waals surface area contributed by atoms with Crippen LogP contribution in [-0.2, 0) is 9.53 Å². The van der Waals surface area contributed by atoms with Crippen molar-refractivity contribution in [1.82, 2.24) is 10.2 Å². The van der Waals surface area contributed by atoms with E-state index in [-0.39, 0.29) is 18.1 Å². The van der Waals surface area contributed by atoms with Gasteiger partial charge in [-0.25, -0.2) is 4.79 Å². The van der Waals surface area contributed by atoms with Gasteiger partial charge < -0.3 is 20.1 Å². The number of nitrogens with one attached hydrogen (secondary N) is 1. The molecule has 0 aromatic heterocycles. The quantitative estimate of drug-likeness (QED) is 0.784. The molecule has 0 spiro atoms. The average molecular weight is 326 g/mol. The zero-order valence-electron chi connectivity index (χ0n) is 14.5. The Morgan fingerprint density at radius 2 is 1.91 bits per heavy atom. The van der Waals surface area contributed by atoms with Crippen LogP contribution in [0, 0.1) is 5.92 Å². The number of rotatable bonds is 6. The molecule has 23 heavy (non-hydrogen) atoms. The molecule has 2 aliphatic carbocycles. The zero-order valence-corrected chi connectivity index (χ0v) is 14.5. The standard InChI is InChI=1S/C17H30N2O4/c1-17(2,3)23-16(22)19(14-7-8-14)10-9-18-13-6-4-5-12(11-13)15(20)21/h12-14,18H,4-11H2,1-3H3,(H,20,21). The molecule has 2 N–H and O–H groups in total. The lowest BCUT2D eigenvalue weighted by Gasteiger charge is -2.30. The second-order valence-corrected chi connectivity index (χ2v) is 7.76. The van der Waals surface area contributed by atoms with Crippen molar-refractivity contribution in [2.24, 2.45) is 5.92 Å². The molecule has 2 saturated carbocycles. The summed E-state index contributed by atoms with van der Waals surface area (Å²) in [5.41, 5.74) is -0.476. The minimum Gasteiger partial charge on any atom is -0.481 e. The van der Waals surface area contributed by atoms with Gasteiger partial charge in [0, 0.05) is 25.2 Å². The molecule has 0 bridgehead atoms. The van der Waals surface area contributed by atoms with Crippen molar-refractivity contribution < 1.29 is 19.4 Å². The summed E-state index contributed by atoms with van der Waals surface area (Å²) in [6.45, 7) is 6.94. The second-order valence-electron chi connectivity index (χ2n) is 7.76. The Morgan fingerprint density at radius 1 is 1.22 bits per heavy atom. The molecule has 2 unspecified atom stereocenters. The summed E-state index contributed by atoms with van der Waals surface area (Å²) in [5, 5.41) is 12.6. The van der Waals surface area contributed by atoms with Crippen LogP contribution in [0.1, 0.15) is 59.3 Å². The third-order valence-corrected chi connectivity index (χ3v) is 4.42. The molecule has 2 rings (SSSR count). The number of ether oxygens (including phenoxy) is 1. The van der Waals surface area contributed by atoms with Crippen LogP contribution < -0.4 is 5.32 Å². The fraction of sp³-hybridized carbons (Fsp3) is 0.882. The summed E-state index contributed by atoms with van der Waals surface area (Å²) in [4.78, 5) is 25.2. The lowest BCUT2D eigenvalue weighted by molar-refractivity contribution is -0.143. The molecule has 0 heterocycles. The van der Waals surface area contributed by atoms with E-state index in [0.717, 1.165) is 32.1 Å². The van der Waals surface area contributed by atoms with E-state index in [4.69, 9.17) is 9.84 Å². The third kappa shape index (κ3) is 6.01. The van der Waals surface area contributed by atoms with E-state index in [9.17, 15) is 9.59 Å². The van der Waals surface area contributed by atoms with Crippen molar-refractivity contribution in [1.29, 1.82) is 0 Å². The number of nitrogens with zero attached hydrogens (tertiary/aromatic N) is 1. The van der Waals surface area contributed by atoms with Gasteiger partial charge in [0.15, 0.2) is 0 Å². The van der Waals surface area contributed by atoms with Crippen molar-refractivity contribution in [3.63, 3.8) is 0 Å². The molecule has 0 saturated heterocycles. The van der Waals surface area contributed by atoms with Crippen molar-refractivity contribution in [2.45, 2.75) is 77.0 Å². The smallest absolute Gasteiger partial charge is 0.410 e. The van der Waals surface area contributed by atoms with Gasteiger partial charge in [0.25, 0.3) is 0 Å². The van der Waals surface area contributed by atoms with Crippen LogP contribution in [0.3, 0.4) is 0 Å². The summed E-state index contributed by atoms with van der Waals surface area (Å²) in [6, 6.07) is 0.550. The third-order valence-electron chi connectivity index (χ3n) is 4.42. The number of hydrogen-bond donors (Lipinski definition) is 2. The molecular formula is C17H30N2O4. The van der Waals surface area contributed by atoms with Crippen LogP contribution in [0.5, 0.6) is 0 Å². The fourth-order valence-corrected chi connectivity index (χ4v) is 3.12. The van der Waals surface area contributed by atoms with Crippen LogP contribution in [0.15, 0.2) is 0 Å². The van der Waals surface area contributed by atoms with E-state index in [1.807, 2.05) is 25.7 Å². The van der Waals surface area contributed by atoms with Crippen molar-refractivity contribution in [2.75, 3.05) is 13.1 Å². The number of carbonyl (C=O) groups excluding carboxylic acids is 1. The van der Waals surface area contributed by atoms with Gasteiger partial charge in [-0.1, -0.05) is 6.42 Å².